The maximum atomic E-state index is 3.35. The van der Waals surface area contributed by atoms with Crippen LogP contribution in [0.4, 0.5) is 0 Å². The molecule has 9 heavy (non-hydrogen) atoms. The molecular weight excluding hydrogens is 196 g/mol. The minimum Gasteiger partial charge on any atom is -0.123 e. The zero-order valence-electron chi connectivity index (χ0n) is 5.98. The van der Waals surface area contributed by atoms with Crippen LogP contribution in [0.15, 0.2) is 11.0 Å². The summed E-state index contributed by atoms with van der Waals surface area (Å²) < 4.78 is 1.01. The summed E-state index contributed by atoms with van der Waals surface area (Å²) in [6, 6.07) is 0. The lowest BCUT2D eigenvalue weighted by atomic mass is 10.2. The normalized spacial score (nSPS) is 9.22. The molecule has 0 aromatic rings. The van der Waals surface area contributed by atoms with E-state index in [2.05, 4.69) is 35.2 Å². The van der Waals surface area contributed by atoms with Crippen molar-refractivity contribution in [1.82, 2.24) is 0 Å². The van der Waals surface area contributed by atoms with Crippen LogP contribution in [-0.4, -0.2) is 4.66 Å². The van der Waals surface area contributed by atoms with Crippen LogP contribution in [0.25, 0.3) is 0 Å². The van der Waals surface area contributed by atoms with Crippen molar-refractivity contribution < 1.29 is 0 Å². The van der Waals surface area contributed by atoms with Gasteiger partial charge in [0.05, 0.1) is 4.66 Å². The molecular formula is C7H13BrS. The molecule has 0 radical (unpaired) electrons. The summed E-state index contributed by atoms with van der Waals surface area (Å²) in [7, 11) is 0. The SMILES string of the molecule is CCC(=CSCBr)CC. The lowest BCUT2D eigenvalue weighted by molar-refractivity contribution is 0.983. The van der Waals surface area contributed by atoms with Gasteiger partial charge in [0.1, 0.15) is 0 Å². The number of halogens is 1. The molecule has 0 aliphatic rings. The van der Waals surface area contributed by atoms with Crippen molar-refractivity contribution in [2.75, 3.05) is 4.66 Å². The van der Waals surface area contributed by atoms with Crippen molar-refractivity contribution in [3.8, 4) is 0 Å². The van der Waals surface area contributed by atoms with Crippen molar-refractivity contribution in [3.63, 3.8) is 0 Å². The molecule has 0 amide bonds. The highest BCUT2D eigenvalue weighted by Crippen LogP contribution is 2.14. The molecule has 0 N–H and O–H groups in total. The average molecular weight is 209 g/mol. The van der Waals surface area contributed by atoms with E-state index in [-0.39, 0.29) is 0 Å². The van der Waals surface area contributed by atoms with Gasteiger partial charge in [0, 0.05) is 0 Å². The third-order valence-corrected chi connectivity index (χ3v) is 2.64. The first-order chi connectivity index (χ1) is 4.35. The number of hydrogen-bond acceptors (Lipinski definition) is 1. The Morgan fingerprint density at radius 1 is 1.44 bits per heavy atom. The van der Waals surface area contributed by atoms with E-state index in [1.165, 1.54) is 12.8 Å². The maximum Gasteiger partial charge on any atom is 0.0531 e. The highest BCUT2D eigenvalue weighted by Gasteiger charge is 1.87. The predicted molar refractivity (Wildman–Crippen MR) is 50.1 cm³/mol. The third-order valence-electron chi connectivity index (χ3n) is 1.22. The van der Waals surface area contributed by atoms with Gasteiger partial charge in [-0.15, -0.1) is 11.8 Å². The fourth-order valence-electron chi connectivity index (χ4n) is 0.566. The molecule has 0 heterocycles. The van der Waals surface area contributed by atoms with E-state index in [9.17, 15) is 0 Å². The van der Waals surface area contributed by atoms with Crippen LogP contribution < -0.4 is 0 Å². The lowest BCUT2D eigenvalue weighted by Crippen LogP contribution is -1.73. The quantitative estimate of drug-likeness (QED) is 0.635. The van der Waals surface area contributed by atoms with E-state index >= 15 is 0 Å². The molecule has 0 aromatic carbocycles. The fourth-order valence-corrected chi connectivity index (χ4v) is 1.59. The number of hydrogen-bond donors (Lipinski definition) is 0. The zero-order chi connectivity index (χ0) is 7.11. The summed E-state index contributed by atoms with van der Waals surface area (Å²) in [6.45, 7) is 4.40. The van der Waals surface area contributed by atoms with E-state index in [4.69, 9.17) is 0 Å². The Balaban J connectivity index is 3.48. The molecule has 0 rings (SSSR count). The summed E-state index contributed by atoms with van der Waals surface area (Å²) >= 11 is 5.17. The molecule has 0 nitrogen and oxygen atoms in total. The lowest BCUT2D eigenvalue weighted by Gasteiger charge is -1.96. The second-order valence-electron chi connectivity index (χ2n) is 1.76. The largest absolute Gasteiger partial charge is 0.123 e. The topological polar surface area (TPSA) is 0 Å². The van der Waals surface area contributed by atoms with Crippen LogP contribution in [0.3, 0.4) is 0 Å². The molecule has 0 aliphatic heterocycles. The van der Waals surface area contributed by atoms with Crippen molar-refractivity contribution in [2.24, 2.45) is 0 Å². The van der Waals surface area contributed by atoms with Gasteiger partial charge >= 0.3 is 0 Å². The zero-order valence-corrected chi connectivity index (χ0v) is 8.39. The second-order valence-corrected chi connectivity index (χ2v) is 3.92. The van der Waals surface area contributed by atoms with Gasteiger partial charge in [0.15, 0.2) is 0 Å². The molecule has 0 unspecified atom stereocenters. The summed E-state index contributed by atoms with van der Waals surface area (Å²) in [5, 5.41) is 2.24. The van der Waals surface area contributed by atoms with E-state index in [0.717, 1.165) is 4.66 Å². The van der Waals surface area contributed by atoms with Crippen molar-refractivity contribution in [2.45, 2.75) is 26.7 Å². The van der Waals surface area contributed by atoms with Crippen LogP contribution >= 0.6 is 27.7 Å². The summed E-state index contributed by atoms with van der Waals surface area (Å²) in [6.07, 6.45) is 2.38. The Labute approximate surface area is 70.2 Å². The molecule has 0 saturated carbocycles. The van der Waals surface area contributed by atoms with Crippen LogP contribution in [0.5, 0.6) is 0 Å². The number of rotatable bonds is 4. The minimum atomic E-state index is 1.01. The van der Waals surface area contributed by atoms with Crippen LogP contribution in [0.1, 0.15) is 26.7 Å². The Bertz CT molecular complexity index is 82.9. The molecule has 54 valence electrons. The highest BCUT2D eigenvalue weighted by atomic mass is 79.9. The first-order valence-electron chi connectivity index (χ1n) is 3.20. The maximum absolute atomic E-state index is 3.35. The van der Waals surface area contributed by atoms with Gasteiger partial charge in [-0.3, -0.25) is 0 Å². The summed E-state index contributed by atoms with van der Waals surface area (Å²) in [5.74, 6) is 0. The summed E-state index contributed by atoms with van der Waals surface area (Å²) in [5.41, 5.74) is 1.54. The molecule has 0 aliphatic carbocycles. The van der Waals surface area contributed by atoms with Gasteiger partial charge in [-0.05, 0) is 18.2 Å². The molecule has 0 fully saturated rings. The summed E-state index contributed by atoms with van der Waals surface area (Å²) in [4.78, 5) is 0. The van der Waals surface area contributed by atoms with Crippen LogP contribution in [-0.2, 0) is 0 Å². The van der Waals surface area contributed by atoms with Gasteiger partial charge in [0.2, 0.25) is 0 Å². The minimum absolute atomic E-state index is 1.01. The predicted octanol–water partition coefficient (Wildman–Crippen LogP) is 3.78. The van der Waals surface area contributed by atoms with E-state index in [1.54, 1.807) is 5.57 Å². The van der Waals surface area contributed by atoms with Crippen molar-refractivity contribution in [1.29, 1.82) is 0 Å². The number of alkyl halides is 1. The van der Waals surface area contributed by atoms with Gasteiger partial charge in [0.25, 0.3) is 0 Å². The first kappa shape index (κ1) is 9.57. The molecule has 0 atom stereocenters. The average Bonchev–Trinajstić information content (AvgIpc) is 1.91. The first-order valence-corrected chi connectivity index (χ1v) is 5.37. The van der Waals surface area contributed by atoms with E-state index in [1.807, 2.05) is 11.8 Å². The Morgan fingerprint density at radius 2 is 2.00 bits per heavy atom. The van der Waals surface area contributed by atoms with Gasteiger partial charge in [-0.1, -0.05) is 35.4 Å². The Morgan fingerprint density at radius 3 is 2.33 bits per heavy atom. The van der Waals surface area contributed by atoms with Crippen LogP contribution in [0.2, 0.25) is 0 Å². The smallest absolute Gasteiger partial charge is 0.0531 e. The van der Waals surface area contributed by atoms with E-state index in [0.29, 0.717) is 0 Å². The van der Waals surface area contributed by atoms with Crippen molar-refractivity contribution in [3.05, 3.63) is 11.0 Å². The van der Waals surface area contributed by atoms with Gasteiger partial charge < -0.3 is 0 Å². The standard InChI is InChI=1S/C7H13BrS/c1-3-7(4-2)5-9-6-8/h5H,3-4,6H2,1-2H3. The van der Waals surface area contributed by atoms with Gasteiger partial charge in [-0.2, -0.15) is 0 Å². The molecule has 0 spiro atoms. The van der Waals surface area contributed by atoms with Crippen LogP contribution in [0, 0.1) is 0 Å². The molecule has 2 heteroatoms. The van der Waals surface area contributed by atoms with Gasteiger partial charge in [-0.25, -0.2) is 0 Å². The molecule has 0 bridgehead atoms. The number of allylic oxidation sites excluding steroid dienone is 1. The van der Waals surface area contributed by atoms with E-state index < -0.39 is 0 Å². The Hall–Kier alpha value is 0.570. The molecule has 0 saturated heterocycles. The number of thioether (sulfide) groups is 1. The highest BCUT2D eigenvalue weighted by molar-refractivity contribution is 9.11. The fraction of sp³-hybridized carbons (Fsp3) is 0.714. The molecule has 0 aromatic heterocycles. The second kappa shape index (κ2) is 6.69. The third kappa shape index (κ3) is 5.04. The monoisotopic (exact) mass is 208 g/mol. The Kier molecular flexibility index (Phi) is 7.11. The van der Waals surface area contributed by atoms with Crippen molar-refractivity contribution >= 4 is 27.7 Å².